The Balaban J connectivity index is 1.97. The molecule has 0 saturated carbocycles. The van der Waals surface area contributed by atoms with Gasteiger partial charge in [0.15, 0.2) is 0 Å². The van der Waals surface area contributed by atoms with Crippen LogP contribution in [0.1, 0.15) is 32.0 Å². The minimum absolute atomic E-state index is 0.0845. The molecule has 1 N–H and O–H groups in total. The van der Waals surface area contributed by atoms with Crippen LogP contribution in [0.4, 0.5) is 0 Å². The van der Waals surface area contributed by atoms with Crippen LogP contribution in [-0.4, -0.2) is 15.1 Å². The summed E-state index contributed by atoms with van der Waals surface area (Å²) < 4.78 is 7.68. The molecule has 1 aromatic heterocycles. The molecule has 0 radical (unpaired) electrons. The number of hydrogen-bond donors (Lipinski definition) is 1. The van der Waals surface area contributed by atoms with Gasteiger partial charge in [-0.2, -0.15) is 0 Å². The van der Waals surface area contributed by atoms with Crippen LogP contribution in [0, 0.1) is 0 Å². The Morgan fingerprint density at radius 1 is 1.33 bits per heavy atom. The number of benzene rings is 1. The average Bonchev–Trinajstić information content (AvgIpc) is 2.80. The van der Waals surface area contributed by atoms with E-state index in [4.69, 9.17) is 16.3 Å². The number of aryl methyl sites for hydroxylation is 1. The van der Waals surface area contributed by atoms with Gasteiger partial charge in [0, 0.05) is 19.1 Å². The Morgan fingerprint density at radius 3 is 2.67 bits per heavy atom. The first-order valence-corrected chi connectivity index (χ1v) is 7.34. The van der Waals surface area contributed by atoms with E-state index in [1.54, 1.807) is 12.5 Å². The van der Waals surface area contributed by atoms with Gasteiger partial charge in [0.25, 0.3) is 0 Å². The summed E-state index contributed by atoms with van der Waals surface area (Å²) in [5.74, 6) is 0.692. The van der Waals surface area contributed by atoms with Crippen LogP contribution in [0.2, 0.25) is 5.02 Å². The smallest absolute Gasteiger partial charge is 0.138 e. The summed E-state index contributed by atoms with van der Waals surface area (Å²) in [6.07, 6.45) is 3.54. The summed E-state index contributed by atoms with van der Waals surface area (Å²) in [5, 5.41) is 4.07. The zero-order chi connectivity index (χ0) is 15.5. The Hall–Kier alpha value is -1.52. The Bertz CT molecular complexity index is 602. The SMILES string of the molecule is Cn1cncc1COc1ccc(CNC(C)(C)C)cc1Cl. The van der Waals surface area contributed by atoms with Crippen LogP contribution in [-0.2, 0) is 20.2 Å². The van der Waals surface area contributed by atoms with Crippen LogP contribution in [0.3, 0.4) is 0 Å². The normalized spacial score (nSPS) is 11.7. The van der Waals surface area contributed by atoms with Crippen LogP contribution in [0.25, 0.3) is 0 Å². The zero-order valence-corrected chi connectivity index (χ0v) is 13.7. The Morgan fingerprint density at radius 2 is 2.10 bits per heavy atom. The van der Waals surface area contributed by atoms with E-state index < -0.39 is 0 Å². The lowest BCUT2D eigenvalue weighted by Gasteiger charge is -2.20. The predicted molar refractivity (Wildman–Crippen MR) is 85.6 cm³/mol. The quantitative estimate of drug-likeness (QED) is 0.918. The fourth-order valence-electron chi connectivity index (χ4n) is 1.81. The molecule has 0 bridgehead atoms. The number of ether oxygens (including phenoxy) is 1. The van der Waals surface area contributed by atoms with Gasteiger partial charge in [0.05, 0.1) is 23.2 Å². The Kier molecular flexibility index (Phi) is 4.91. The summed E-state index contributed by atoms with van der Waals surface area (Å²) in [6, 6.07) is 5.89. The molecule has 4 nitrogen and oxygen atoms in total. The van der Waals surface area contributed by atoms with Crippen molar-refractivity contribution in [2.45, 2.75) is 39.5 Å². The van der Waals surface area contributed by atoms with E-state index in [9.17, 15) is 0 Å². The van der Waals surface area contributed by atoms with Crippen molar-refractivity contribution in [3.63, 3.8) is 0 Å². The van der Waals surface area contributed by atoms with Gasteiger partial charge in [-0.05, 0) is 38.5 Å². The third kappa shape index (κ3) is 4.76. The Labute approximate surface area is 131 Å². The summed E-state index contributed by atoms with van der Waals surface area (Å²) in [6.45, 7) is 7.65. The number of hydrogen-bond acceptors (Lipinski definition) is 3. The topological polar surface area (TPSA) is 39.1 Å². The van der Waals surface area contributed by atoms with Crippen LogP contribution < -0.4 is 10.1 Å². The second-order valence-corrected chi connectivity index (χ2v) is 6.56. The molecular weight excluding hydrogens is 286 g/mol. The third-order valence-electron chi connectivity index (χ3n) is 3.11. The summed E-state index contributed by atoms with van der Waals surface area (Å²) in [5.41, 5.74) is 2.23. The van der Waals surface area contributed by atoms with Gasteiger partial charge in [-0.3, -0.25) is 0 Å². The third-order valence-corrected chi connectivity index (χ3v) is 3.41. The summed E-state index contributed by atoms with van der Waals surface area (Å²) in [7, 11) is 1.94. The predicted octanol–water partition coefficient (Wildman–Crippen LogP) is 3.54. The lowest BCUT2D eigenvalue weighted by molar-refractivity contribution is 0.297. The van der Waals surface area contributed by atoms with Crippen molar-refractivity contribution >= 4 is 11.6 Å². The highest BCUT2D eigenvalue weighted by molar-refractivity contribution is 6.32. The molecule has 5 heteroatoms. The van der Waals surface area contributed by atoms with Crippen LogP contribution in [0.15, 0.2) is 30.7 Å². The van der Waals surface area contributed by atoms with Gasteiger partial charge in [0.1, 0.15) is 12.4 Å². The van der Waals surface area contributed by atoms with E-state index >= 15 is 0 Å². The summed E-state index contributed by atoms with van der Waals surface area (Å²) >= 11 is 6.28. The first-order chi connectivity index (χ1) is 9.85. The van der Waals surface area contributed by atoms with Crippen molar-refractivity contribution in [1.82, 2.24) is 14.9 Å². The monoisotopic (exact) mass is 307 g/mol. The number of rotatable bonds is 5. The van der Waals surface area contributed by atoms with E-state index in [2.05, 4.69) is 31.1 Å². The van der Waals surface area contributed by atoms with Crippen molar-refractivity contribution in [2.75, 3.05) is 0 Å². The van der Waals surface area contributed by atoms with Gasteiger partial charge >= 0.3 is 0 Å². The first-order valence-electron chi connectivity index (χ1n) is 6.96. The highest BCUT2D eigenvalue weighted by Crippen LogP contribution is 2.26. The van der Waals surface area contributed by atoms with Crippen molar-refractivity contribution in [2.24, 2.45) is 7.05 Å². The van der Waals surface area contributed by atoms with E-state index in [0.29, 0.717) is 17.4 Å². The molecule has 0 aliphatic rings. The van der Waals surface area contributed by atoms with Crippen molar-refractivity contribution < 1.29 is 4.74 Å². The van der Waals surface area contributed by atoms with E-state index in [0.717, 1.165) is 17.8 Å². The number of nitrogens with one attached hydrogen (secondary N) is 1. The lowest BCUT2D eigenvalue weighted by atomic mass is 10.1. The molecule has 0 amide bonds. The molecule has 1 heterocycles. The standard InChI is InChI=1S/C16H22ClN3O/c1-16(2,3)19-8-12-5-6-15(14(17)7-12)21-10-13-9-18-11-20(13)4/h5-7,9,11,19H,8,10H2,1-4H3. The molecule has 2 aromatic rings. The molecule has 0 fully saturated rings. The highest BCUT2D eigenvalue weighted by Gasteiger charge is 2.10. The van der Waals surface area contributed by atoms with Crippen LogP contribution in [0.5, 0.6) is 5.75 Å². The molecular formula is C16H22ClN3O. The highest BCUT2D eigenvalue weighted by atomic mass is 35.5. The molecule has 114 valence electrons. The number of halogens is 1. The van der Waals surface area contributed by atoms with E-state index in [1.165, 1.54) is 0 Å². The minimum atomic E-state index is 0.0845. The van der Waals surface area contributed by atoms with E-state index in [1.807, 2.05) is 29.8 Å². The maximum Gasteiger partial charge on any atom is 0.138 e. The second kappa shape index (κ2) is 6.50. The van der Waals surface area contributed by atoms with E-state index in [-0.39, 0.29) is 5.54 Å². The van der Waals surface area contributed by atoms with Gasteiger partial charge < -0.3 is 14.6 Å². The molecule has 2 rings (SSSR count). The zero-order valence-electron chi connectivity index (χ0n) is 13.0. The fourth-order valence-corrected chi connectivity index (χ4v) is 2.07. The van der Waals surface area contributed by atoms with Crippen LogP contribution >= 0.6 is 11.6 Å². The summed E-state index contributed by atoms with van der Waals surface area (Å²) in [4.78, 5) is 4.06. The molecule has 0 saturated heterocycles. The second-order valence-electron chi connectivity index (χ2n) is 6.15. The molecule has 0 aliphatic carbocycles. The fraction of sp³-hybridized carbons (Fsp3) is 0.438. The minimum Gasteiger partial charge on any atom is -0.486 e. The van der Waals surface area contributed by atoms with Gasteiger partial charge in [-0.1, -0.05) is 17.7 Å². The number of imidazole rings is 1. The molecule has 0 unspecified atom stereocenters. The lowest BCUT2D eigenvalue weighted by Crippen LogP contribution is -2.35. The maximum atomic E-state index is 6.28. The molecule has 0 spiro atoms. The molecule has 21 heavy (non-hydrogen) atoms. The molecule has 1 aromatic carbocycles. The average molecular weight is 308 g/mol. The number of nitrogens with zero attached hydrogens (tertiary/aromatic N) is 2. The van der Waals surface area contributed by atoms with Crippen molar-refractivity contribution in [1.29, 1.82) is 0 Å². The molecule has 0 aliphatic heterocycles. The van der Waals surface area contributed by atoms with Crippen molar-refractivity contribution in [3.05, 3.63) is 47.0 Å². The van der Waals surface area contributed by atoms with Gasteiger partial charge in [-0.25, -0.2) is 4.98 Å². The van der Waals surface area contributed by atoms with Gasteiger partial charge in [-0.15, -0.1) is 0 Å². The number of aromatic nitrogens is 2. The van der Waals surface area contributed by atoms with Gasteiger partial charge in [0.2, 0.25) is 0 Å². The largest absolute Gasteiger partial charge is 0.486 e. The maximum absolute atomic E-state index is 6.28. The molecule has 0 atom stereocenters. The first kappa shape index (κ1) is 15.9. The van der Waals surface area contributed by atoms with Crippen molar-refractivity contribution in [3.8, 4) is 5.75 Å².